The molecule has 1 aliphatic heterocycles. The zero-order chi connectivity index (χ0) is 15.0. The lowest BCUT2D eigenvalue weighted by atomic mass is 10.1. The van der Waals surface area contributed by atoms with Crippen molar-refractivity contribution in [3.63, 3.8) is 0 Å². The van der Waals surface area contributed by atoms with Crippen molar-refractivity contribution in [2.45, 2.75) is 37.4 Å². The van der Waals surface area contributed by atoms with E-state index in [1.165, 1.54) is 4.31 Å². The van der Waals surface area contributed by atoms with Crippen molar-refractivity contribution in [3.05, 3.63) is 24.3 Å². The molecule has 1 atom stereocenters. The Kier molecular flexibility index (Phi) is 4.09. The monoisotopic (exact) mass is 298 g/mol. The second kappa shape index (κ2) is 5.35. The third-order valence-corrected chi connectivity index (χ3v) is 5.14. The van der Waals surface area contributed by atoms with Gasteiger partial charge in [0, 0.05) is 25.8 Å². The fourth-order valence-electron chi connectivity index (χ4n) is 2.52. The summed E-state index contributed by atoms with van der Waals surface area (Å²) >= 11 is 0. The van der Waals surface area contributed by atoms with Crippen LogP contribution in [0.1, 0.15) is 20.8 Å². The van der Waals surface area contributed by atoms with Gasteiger partial charge in [-0.05, 0) is 45.0 Å². The largest absolute Gasteiger partial charge is 0.388 e. The number of morpholine rings is 1. The molecule has 1 aliphatic rings. The van der Waals surface area contributed by atoms with E-state index in [1.807, 2.05) is 20.8 Å². The molecular formula is C14H22N2O3S. The van der Waals surface area contributed by atoms with Crippen LogP contribution in [0.15, 0.2) is 29.2 Å². The summed E-state index contributed by atoms with van der Waals surface area (Å²) in [6.07, 6.45) is -0.106. The average molecular weight is 298 g/mol. The Hall–Kier alpha value is -1.11. The Morgan fingerprint density at radius 1 is 1.30 bits per heavy atom. The van der Waals surface area contributed by atoms with Gasteiger partial charge in [0.15, 0.2) is 0 Å². The maximum absolute atomic E-state index is 12.7. The minimum atomic E-state index is -3.47. The summed E-state index contributed by atoms with van der Waals surface area (Å²) < 4.78 is 32.6. The fourth-order valence-corrected chi connectivity index (χ4v) is 4.19. The van der Waals surface area contributed by atoms with E-state index in [-0.39, 0.29) is 6.10 Å². The van der Waals surface area contributed by atoms with Gasteiger partial charge < -0.3 is 10.1 Å². The van der Waals surface area contributed by atoms with Gasteiger partial charge in [-0.3, -0.25) is 0 Å². The van der Waals surface area contributed by atoms with E-state index >= 15 is 0 Å². The molecule has 112 valence electrons. The van der Waals surface area contributed by atoms with Crippen LogP contribution in [0.25, 0.3) is 0 Å². The molecule has 0 radical (unpaired) electrons. The minimum absolute atomic E-state index is 0.106. The third-order valence-electron chi connectivity index (χ3n) is 3.32. The SMILES string of the molecule is CNc1ccc(S(=O)(=O)N2CC(C)OC(C)(C)C2)cc1. The van der Waals surface area contributed by atoms with Gasteiger partial charge in [-0.2, -0.15) is 4.31 Å². The molecule has 5 nitrogen and oxygen atoms in total. The third kappa shape index (κ3) is 3.13. The quantitative estimate of drug-likeness (QED) is 0.926. The highest BCUT2D eigenvalue weighted by atomic mass is 32.2. The van der Waals surface area contributed by atoms with E-state index in [4.69, 9.17) is 4.74 Å². The van der Waals surface area contributed by atoms with Crippen LogP contribution in [0.2, 0.25) is 0 Å². The standard InChI is InChI=1S/C14H22N2O3S/c1-11-9-16(10-14(2,3)19-11)20(17,18)13-7-5-12(15-4)6-8-13/h5-8,11,15H,9-10H2,1-4H3. The van der Waals surface area contributed by atoms with E-state index in [0.717, 1.165) is 5.69 Å². The van der Waals surface area contributed by atoms with Gasteiger partial charge >= 0.3 is 0 Å². The van der Waals surface area contributed by atoms with E-state index in [2.05, 4.69) is 5.32 Å². The first-order chi connectivity index (χ1) is 9.24. The molecule has 1 N–H and O–H groups in total. The van der Waals surface area contributed by atoms with Gasteiger partial charge in [0.05, 0.1) is 16.6 Å². The number of anilines is 1. The van der Waals surface area contributed by atoms with Gasteiger partial charge in [-0.15, -0.1) is 0 Å². The molecule has 20 heavy (non-hydrogen) atoms. The Bertz CT molecular complexity index is 567. The smallest absolute Gasteiger partial charge is 0.243 e. The Morgan fingerprint density at radius 2 is 1.90 bits per heavy atom. The van der Waals surface area contributed by atoms with Crippen molar-refractivity contribution in [2.24, 2.45) is 0 Å². The zero-order valence-electron chi connectivity index (χ0n) is 12.4. The normalized spacial score (nSPS) is 23.5. The van der Waals surface area contributed by atoms with E-state index in [9.17, 15) is 8.42 Å². The van der Waals surface area contributed by atoms with Crippen molar-refractivity contribution in [3.8, 4) is 0 Å². The number of ether oxygens (including phenoxy) is 1. The molecule has 1 aromatic carbocycles. The molecule has 0 aliphatic carbocycles. The predicted molar refractivity (Wildman–Crippen MR) is 79.4 cm³/mol. The van der Waals surface area contributed by atoms with E-state index < -0.39 is 15.6 Å². The van der Waals surface area contributed by atoms with Crippen LogP contribution in [-0.2, 0) is 14.8 Å². The molecule has 1 saturated heterocycles. The van der Waals surface area contributed by atoms with Crippen molar-refractivity contribution in [2.75, 3.05) is 25.5 Å². The molecule has 6 heteroatoms. The lowest BCUT2D eigenvalue weighted by Crippen LogP contribution is -2.53. The van der Waals surface area contributed by atoms with Gasteiger partial charge in [0.25, 0.3) is 0 Å². The predicted octanol–water partition coefficient (Wildman–Crippen LogP) is 1.92. The molecule has 1 heterocycles. The van der Waals surface area contributed by atoms with Crippen molar-refractivity contribution < 1.29 is 13.2 Å². The average Bonchev–Trinajstić information content (AvgIpc) is 2.36. The van der Waals surface area contributed by atoms with Gasteiger partial charge in [-0.1, -0.05) is 0 Å². The highest BCUT2D eigenvalue weighted by Crippen LogP contribution is 2.26. The van der Waals surface area contributed by atoms with Crippen LogP contribution in [0.5, 0.6) is 0 Å². The lowest BCUT2D eigenvalue weighted by Gasteiger charge is -2.40. The van der Waals surface area contributed by atoms with E-state index in [1.54, 1.807) is 31.3 Å². The van der Waals surface area contributed by atoms with Gasteiger partial charge in [-0.25, -0.2) is 8.42 Å². The second-order valence-corrected chi connectivity index (χ2v) is 7.70. The fraction of sp³-hybridized carbons (Fsp3) is 0.571. The Balaban J connectivity index is 2.29. The molecule has 0 amide bonds. The maximum Gasteiger partial charge on any atom is 0.243 e. The summed E-state index contributed by atoms with van der Waals surface area (Å²) in [5.74, 6) is 0. The molecule has 1 aromatic rings. The first-order valence-corrected chi connectivity index (χ1v) is 8.14. The molecule has 0 bridgehead atoms. The van der Waals surface area contributed by atoms with Crippen LogP contribution < -0.4 is 5.32 Å². The number of sulfonamides is 1. The first-order valence-electron chi connectivity index (χ1n) is 6.70. The number of nitrogens with one attached hydrogen (secondary N) is 1. The summed E-state index contributed by atoms with van der Waals surface area (Å²) in [5, 5.41) is 2.98. The molecule has 0 aromatic heterocycles. The summed E-state index contributed by atoms with van der Waals surface area (Å²) in [4.78, 5) is 0.321. The maximum atomic E-state index is 12.7. The Morgan fingerprint density at radius 3 is 2.40 bits per heavy atom. The van der Waals surface area contributed by atoms with Gasteiger partial charge in [0.2, 0.25) is 10.0 Å². The molecular weight excluding hydrogens is 276 g/mol. The second-order valence-electron chi connectivity index (χ2n) is 5.76. The lowest BCUT2D eigenvalue weighted by molar-refractivity contribution is -0.109. The number of hydrogen-bond acceptors (Lipinski definition) is 4. The summed E-state index contributed by atoms with van der Waals surface area (Å²) in [6, 6.07) is 6.80. The van der Waals surface area contributed by atoms with Gasteiger partial charge in [0.1, 0.15) is 0 Å². The molecule has 1 unspecified atom stereocenters. The summed E-state index contributed by atoms with van der Waals surface area (Å²) in [7, 11) is -1.66. The van der Waals surface area contributed by atoms with Crippen molar-refractivity contribution >= 4 is 15.7 Å². The van der Waals surface area contributed by atoms with E-state index in [0.29, 0.717) is 18.0 Å². The topological polar surface area (TPSA) is 58.6 Å². The first kappa shape index (κ1) is 15.3. The van der Waals surface area contributed by atoms with Crippen LogP contribution in [0.3, 0.4) is 0 Å². The van der Waals surface area contributed by atoms with Crippen LogP contribution in [0, 0.1) is 0 Å². The highest BCUT2D eigenvalue weighted by Gasteiger charge is 2.37. The van der Waals surface area contributed by atoms with Crippen molar-refractivity contribution in [1.29, 1.82) is 0 Å². The summed E-state index contributed by atoms with van der Waals surface area (Å²) in [5.41, 5.74) is 0.426. The minimum Gasteiger partial charge on any atom is -0.388 e. The summed E-state index contributed by atoms with van der Waals surface area (Å²) in [6.45, 7) is 6.48. The number of hydrogen-bond donors (Lipinski definition) is 1. The number of benzene rings is 1. The number of nitrogens with zero attached hydrogens (tertiary/aromatic N) is 1. The van der Waals surface area contributed by atoms with Crippen LogP contribution in [0.4, 0.5) is 5.69 Å². The highest BCUT2D eigenvalue weighted by molar-refractivity contribution is 7.89. The molecule has 2 rings (SSSR count). The zero-order valence-corrected chi connectivity index (χ0v) is 13.2. The van der Waals surface area contributed by atoms with Crippen molar-refractivity contribution in [1.82, 2.24) is 4.31 Å². The number of rotatable bonds is 3. The molecule has 0 saturated carbocycles. The molecule has 0 spiro atoms. The molecule has 1 fully saturated rings. The van der Waals surface area contributed by atoms with Crippen LogP contribution in [-0.4, -0.2) is 44.6 Å². The van der Waals surface area contributed by atoms with Crippen LogP contribution >= 0.6 is 0 Å². The Labute approximate surface area is 121 Å².